The highest BCUT2D eigenvalue weighted by molar-refractivity contribution is 5.89. The van der Waals surface area contributed by atoms with E-state index >= 15 is 0 Å². The average molecular weight is 340 g/mol. The van der Waals surface area contributed by atoms with Gasteiger partial charge in [-0.2, -0.15) is 0 Å². The number of anilines is 1. The van der Waals surface area contributed by atoms with Crippen molar-refractivity contribution in [2.24, 2.45) is 5.92 Å². The number of nitrogens with zero attached hydrogens (tertiary/aromatic N) is 2. The van der Waals surface area contributed by atoms with E-state index in [9.17, 15) is 9.59 Å². The van der Waals surface area contributed by atoms with Crippen molar-refractivity contribution in [3.8, 4) is 11.5 Å². The minimum Gasteiger partial charge on any atom is -0.445 e. The van der Waals surface area contributed by atoms with E-state index in [4.69, 9.17) is 4.42 Å². The van der Waals surface area contributed by atoms with Crippen LogP contribution in [0.2, 0.25) is 0 Å². The van der Waals surface area contributed by atoms with Crippen LogP contribution < -0.4 is 10.6 Å². The van der Waals surface area contributed by atoms with Gasteiger partial charge >= 0.3 is 6.03 Å². The Morgan fingerprint density at radius 1 is 1.28 bits per heavy atom. The van der Waals surface area contributed by atoms with Crippen molar-refractivity contribution in [3.63, 3.8) is 0 Å². The van der Waals surface area contributed by atoms with Gasteiger partial charge in [-0.05, 0) is 37.1 Å². The summed E-state index contributed by atoms with van der Waals surface area (Å²) in [7, 11) is 0. The van der Waals surface area contributed by atoms with Crippen LogP contribution >= 0.6 is 0 Å². The standard InChI is InChI=1S/C18H20N4O3/c23-16-9-12(11-22(16)15-5-6-15)10-20-18(24)21-14-3-1-13(2-4-14)17-19-7-8-25-17/h1-4,7-8,12,15H,5-6,9-11H2,(H2,20,21,24)/t12-/m0/s1. The molecular weight excluding hydrogens is 320 g/mol. The maximum absolute atomic E-state index is 12.0. The molecule has 2 heterocycles. The molecular formula is C18H20N4O3. The SMILES string of the molecule is O=C(NC[C@@H]1CC(=O)N(C2CC2)C1)Nc1ccc(-c2ncco2)cc1. The number of hydrogen-bond acceptors (Lipinski definition) is 4. The molecule has 2 N–H and O–H groups in total. The lowest BCUT2D eigenvalue weighted by Crippen LogP contribution is -2.34. The first-order valence-electron chi connectivity index (χ1n) is 8.53. The fraction of sp³-hybridized carbons (Fsp3) is 0.389. The fourth-order valence-electron chi connectivity index (χ4n) is 3.16. The second-order valence-corrected chi connectivity index (χ2v) is 6.60. The Labute approximate surface area is 145 Å². The quantitative estimate of drug-likeness (QED) is 0.875. The first-order valence-corrected chi connectivity index (χ1v) is 8.53. The average Bonchev–Trinajstić information content (AvgIpc) is 3.16. The van der Waals surface area contributed by atoms with Crippen molar-refractivity contribution in [1.82, 2.24) is 15.2 Å². The Morgan fingerprint density at radius 3 is 2.76 bits per heavy atom. The van der Waals surface area contributed by atoms with Crippen LogP contribution in [0, 0.1) is 5.92 Å². The number of benzene rings is 1. The number of urea groups is 1. The Kier molecular flexibility index (Phi) is 4.13. The molecule has 0 unspecified atom stereocenters. The summed E-state index contributed by atoms with van der Waals surface area (Å²) >= 11 is 0. The largest absolute Gasteiger partial charge is 0.445 e. The third-order valence-corrected chi connectivity index (χ3v) is 4.60. The van der Waals surface area contributed by atoms with E-state index in [0.29, 0.717) is 30.6 Å². The van der Waals surface area contributed by atoms with Gasteiger partial charge in [0.25, 0.3) is 0 Å². The van der Waals surface area contributed by atoms with Crippen LogP contribution in [0.25, 0.3) is 11.5 Å². The molecule has 25 heavy (non-hydrogen) atoms. The molecule has 2 aromatic rings. The number of carbonyl (C=O) groups excluding carboxylic acids is 2. The topological polar surface area (TPSA) is 87.5 Å². The first-order chi connectivity index (χ1) is 12.2. The molecule has 7 heteroatoms. The zero-order valence-electron chi connectivity index (χ0n) is 13.8. The number of oxazole rings is 1. The Hall–Kier alpha value is -2.83. The predicted octanol–water partition coefficient (Wildman–Crippen LogP) is 2.47. The van der Waals surface area contributed by atoms with Crippen LogP contribution in [0.15, 0.2) is 41.1 Å². The van der Waals surface area contributed by atoms with Crippen LogP contribution in [-0.4, -0.2) is 41.0 Å². The molecule has 1 aromatic heterocycles. The van der Waals surface area contributed by atoms with Crippen molar-refractivity contribution in [1.29, 1.82) is 0 Å². The molecule has 130 valence electrons. The van der Waals surface area contributed by atoms with Crippen LogP contribution in [0.3, 0.4) is 0 Å². The summed E-state index contributed by atoms with van der Waals surface area (Å²) in [5.74, 6) is 0.963. The van der Waals surface area contributed by atoms with E-state index in [1.54, 1.807) is 18.3 Å². The lowest BCUT2D eigenvalue weighted by molar-refractivity contribution is -0.128. The van der Waals surface area contributed by atoms with Crippen LogP contribution in [0.4, 0.5) is 10.5 Å². The minimum absolute atomic E-state index is 0.200. The van der Waals surface area contributed by atoms with Crippen molar-refractivity contribution in [2.45, 2.75) is 25.3 Å². The molecule has 0 bridgehead atoms. The fourth-order valence-corrected chi connectivity index (χ4v) is 3.16. The van der Waals surface area contributed by atoms with Crippen LogP contribution in [0.5, 0.6) is 0 Å². The molecule has 7 nitrogen and oxygen atoms in total. The highest BCUT2D eigenvalue weighted by atomic mass is 16.3. The normalized spacial score (nSPS) is 19.9. The van der Waals surface area contributed by atoms with Gasteiger partial charge < -0.3 is 20.0 Å². The highest BCUT2D eigenvalue weighted by Gasteiger charge is 2.39. The number of nitrogens with one attached hydrogen (secondary N) is 2. The molecule has 2 fully saturated rings. The summed E-state index contributed by atoms with van der Waals surface area (Å²) in [6, 6.07) is 7.46. The van der Waals surface area contributed by atoms with Crippen molar-refractivity contribution >= 4 is 17.6 Å². The second kappa shape index (κ2) is 6.58. The summed E-state index contributed by atoms with van der Waals surface area (Å²) in [5, 5.41) is 5.65. The van der Waals surface area contributed by atoms with Crippen LogP contribution in [0.1, 0.15) is 19.3 Å². The molecule has 4 rings (SSSR count). The van der Waals surface area contributed by atoms with Gasteiger partial charge in [0.15, 0.2) is 0 Å². The molecule has 1 aromatic carbocycles. The molecule has 3 amide bonds. The third kappa shape index (κ3) is 3.65. The molecule has 1 aliphatic carbocycles. The molecule has 1 atom stereocenters. The number of carbonyl (C=O) groups is 2. The van der Waals surface area contributed by atoms with Crippen molar-refractivity contribution in [2.75, 3.05) is 18.4 Å². The first kappa shape index (κ1) is 15.7. The Bertz CT molecular complexity index is 753. The lowest BCUT2D eigenvalue weighted by Gasteiger charge is -2.15. The van der Waals surface area contributed by atoms with E-state index in [1.165, 1.54) is 6.26 Å². The molecule has 1 saturated heterocycles. The van der Waals surface area contributed by atoms with E-state index in [0.717, 1.165) is 24.9 Å². The van der Waals surface area contributed by atoms with Gasteiger partial charge in [0.1, 0.15) is 6.26 Å². The monoisotopic (exact) mass is 340 g/mol. The van der Waals surface area contributed by atoms with Crippen molar-refractivity contribution in [3.05, 3.63) is 36.7 Å². The van der Waals surface area contributed by atoms with Gasteiger partial charge in [0.2, 0.25) is 11.8 Å². The molecule has 1 saturated carbocycles. The summed E-state index contributed by atoms with van der Waals surface area (Å²) in [6.07, 6.45) is 5.88. The summed E-state index contributed by atoms with van der Waals surface area (Å²) in [6.45, 7) is 1.27. The van der Waals surface area contributed by atoms with Crippen molar-refractivity contribution < 1.29 is 14.0 Å². The highest BCUT2D eigenvalue weighted by Crippen LogP contribution is 2.32. The van der Waals surface area contributed by atoms with Gasteiger partial charge in [-0.25, -0.2) is 9.78 Å². The van der Waals surface area contributed by atoms with E-state index < -0.39 is 0 Å². The van der Waals surface area contributed by atoms with E-state index in [-0.39, 0.29) is 17.9 Å². The molecule has 0 spiro atoms. The second-order valence-electron chi connectivity index (χ2n) is 6.60. The summed E-state index contributed by atoms with van der Waals surface area (Å²) < 4.78 is 5.23. The zero-order valence-corrected chi connectivity index (χ0v) is 13.8. The van der Waals surface area contributed by atoms with Gasteiger partial charge in [-0.3, -0.25) is 4.79 Å². The van der Waals surface area contributed by atoms with E-state index in [2.05, 4.69) is 15.6 Å². The maximum Gasteiger partial charge on any atom is 0.319 e. The number of likely N-dealkylation sites (tertiary alicyclic amines) is 1. The van der Waals surface area contributed by atoms with Crippen LogP contribution in [-0.2, 0) is 4.79 Å². The van der Waals surface area contributed by atoms with Gasteiger partial charge in [-0.15, -0.1) is 0 Å². The third-order valence-electron chi connectivity index (χ3n) is 4.60. The molecule has 1 aliphatic heterocycles. The van der Waals surface area contributed by atoms with Gasteiger partial charge in [-0.1, -0.05) is 0 Å². The number of rotatable bonds is 5. The Balaban J connectivity index is 1.25. The Morgan fingerprint density at radius 2 is 2.08 bits per heavy atom. The predicted molar refractivity (Wildman–Crippen MR) is 91.8 cm³/mol. The zero-order chi connectivity index (χ0) is 17.2. The smallest absolute Gasteiger partial charge is 0.319 e. The lowest BCUT2D eigenvalue weighted by atomic mass is 10.1. The van der Waals surface area contributed by atoms with Gasteiger partial charge in [0, 0.05) is 42.7 Å². The minimum atomic E-state index is -0.263. The summed E-state index contributed by atoms with van der Waals surface area (Å²) in [5.41, 5.74) is 1.54. The summed E-state index contributed by atoms with van der Waals surface area (Å²) in [4.78, 5) is 30.0. The number of hydrogen-bond donors (Lipinski definition) is 2. The maximum atomic E-state index is 12.0. The number of amides is 3. The molecule has 2 aliphatic rings. The van der Waals surface area contributed by atoms with E-state index in [1.807, 2.05) is 17.0 Å². The molecule has 0 radical (unpaired) electrons. The van der Waals surface area contributed by atoms with Gasteiger partial charge in [0.05, 0.1) is 6.20 Å². The number of aromatic nitrogens is 1.